The molecule has 3 aromatic rings. The monoisotopic (exact) mass is 509 g/mol. The van der Waals surface area contributed by atoms with Crippen LogP contribution in [0.3, 0.4) is 0 Å². The van der Waals surface area contributed by atoms with Crippen molar-refractivity contribution < 1.29 is 19.1 Å². The van der Waals surface area contributed by atoms with Crippen LogP contribution in [0.15, 0.2) is 42.6 Å². The number of carbonyl (C=O) groups excluding carboxylic acids is 2. The van der Waals surface area contributed by atoms with Crippen molar-refractivity contribution in [2.75, 3.05) is 18.5 Å². The van der Waals surface area contributed by atoms with Crippen molar-refractivity contribution in [1.82, 2.24) is 20.2 Å². The Morgan fingerprint density at radius 2 is 2.06 bits per heavy atom. The molecule has 0 radical (unpaired) electrons. The van der Waals surface area contributed by atoms with E-state index in [0.717, 1.165) is 28.1 Å². The Labute approximate surface area is 212 Å². The fourth-order valence-electron chi connectivity index (χ4n) is 4.54. The van der Waals surface area contributed by atoms with Crippen molar-refractivity contribution in [2.24, 2.45) is 0 Å². The average molecular weight is 510 g/mol. The van der Waals surface area contributed by atoms with Gasteiger partial charge in [-0.05, 0) is 53.3 Å². The third-order valence-corrected chi connectivity index (χ3v) is 6.83. The van der Waals surface area contributed by atoms with Crippen LogP contribution in [0.25, 0.3) is 0 Å². The Balaban J connectivity index is 1.26. The van der Waals surface area contributed by atoms with E-state index in [-0.39, 0.29) is 23.6 Å². The number of aliphatic hydroxyl groups excluding tert-OH is 1. The molecule has 2 aromatic carbocycles. The first-order chi connectivity index (χ1) is 17.4. The molecule has 1 atom stereocenters. The van der Waals surface area contributed by atoms with Gasteiger partial charge < -0.3 is 20.6 Å². The number of halogens is 2. The highest BCUT2D eigenvalue weighted by molar-refractivity contribution is 6.30. The number of hydrogen-bond acceptors (Lipinski definition) is 5. The maximum Gasteiger partial charge on any atom is 0.318 e. The number of nitrogens with zero attached hydrogens (tertiary/aromatic N) is 3. The summed E-state index contributed by atoms with van der Waals surface area (Å²) in [6.45, 7) is 0.449. The molecule has 0 unspecified atom stereocenters. The van der Waals surface area contributed by atoms with Crippen LogP contribution in [0.2, 0.25) is 5.02 Å². The highest BCUT2D eigenvalue weighted by Crippen LogP contribution is 2.25. The zero-order chi connectivity index (χ0) is 25.2. The van der Waals surface area contributed by atoms with E-state index in [4.69, 9.17) is 16.6 Å². The van der Waals surface area contributed by atoms with E-state index in [0.29, 0.717) is 50.2 Å². The van der Waals surface area contributed by atoms with Crippen molar-refractivity contribution >= 4 is 29.2 Å². The van der Waals surface area contributed by atoms with Gasteiger partial charge in [-0.15, -0.1) is 0 Å². The number of rotatable bonds is 5. The number of urea groups is 1. The molecule has 2 aliphatic heterocycles. The summed E-state index contributed by atoms with van der Waals surface area (Å²) in [5.74, 6) is 0.132. The van der Waals surface area contributed by atoms with Crippen LogP contribution < -0.4 is 10.6 Å². The topological polar surface area (TPSA) is 107 Å². The van der Waals surface area contributed by atoms with Crippen molar-refractivity contribution in [3.63, 3.8) is 0 Å². The minimum absolute atomic E-state index is 0.0358. The SMILES string of the molecule is O=C1CCc2cc(Cc3ncc4c(n3)CN(C(=O)N[C@H](CO)c3ccc(F)c(Cl)c3)CC4)ccc2N1. The van der Waals surface area contributed by atoms with Crippen molar-refractivity contribution in [3.8, 4) is 0 Å². The Morgan fingerprint density at radius 3 is 2.86 bits per heavy atom. The molecule has 0 spiro atoms. The maximum absolute atomic E-state index is 13.5. The zero-order valence-corrected chi connectivity index (χ0v) is 20.2. The molecule has 3 amide bonds. The van der Waals surface area contributed by atoms with Crippen LogP contribution in [-0.4, -0.2) is 45.1 Å². The average Bonchev–Trinajstić information content (AvgIpc) is 2.88. The summed E-state index contributed by atoms with van der Waals surface area (Å²) in [5, 5.41) is 15.4. The van der Waals surface area contributed by atoms with Gasteiger partial charge in [0.2, 0.25) is 5.91 Å². The smallest absolute Gasteiger partial charge is 0.318 e. The van der Waals surface area contributed by atoms with Gasteiger partial charge >= 0.3 is 6.03 Å². The lowest BCUT2D eigenvalue weighted by Gasteiger charge is -2.30. The number of hydrogen-bond donors (Lipinski definition) is 3. The number of aryl methyl sites for hydroxylation is 1. The molecule has 3 heterocycles. The summed E-state index contributed by atoms with van der Waals surface area (Å²) >= 11 is 5.86. The summed E-state index contributed by atoms with van der Waals surface area (Å²) in [6, 6.07) is 8.99. The standard InChI is InChI=1S/C26H25ClFN5O3/c27-19-11-17(2-4-20(19)28)23(14-34)32-26(36)33-8-7-18-12-29-24(30-22(18)13-33)10-15-1-5-21-16(9-15)3-6-25(35)31-21/h1-2,4-5,9,11-12,23,34H,3,6-8,10,13-14H2,(H,31,35)(H,32,36)/t23-/m1/s1. The summed E-state index contributed by atoms with van der Waals surface area (Å²) < 4.78 is 13.5. The summed E-state index contributed by atoms with van der Waals surface area (Å²) in [4.78, 5) is 35.4. The van der Waals surface area contributed by atoms with Crippen molar-refractivity contribution in [1.29, 1.82) is 0 Å². The number of aromatic nitrogens is 2. The lowest BCUT2D eigenvalue weighted by molar-refractivity contribution is -0.116. The van der Waals surface area contributed by atoms with Gasteiger partial charge in [0, 0.05) is 31.3 Å². The Kier molecular flexibility index (Phi) is 6.84. The molecule has 3 N–H and O–H groups in total. The second kappa shape index (κ2) is 10.2. The van der Waals surface area contributed by atoms with E-state index in [9.17, 15) is 19.1 Å². The Hall–Kier alpha value is -3.56. The third-order valence-electron chi connectivity index (χ3n) is 6.54. The normalized spacial score (nSPS) is 15.5. The Morgan fingerprint density at radius 1 is 1.19 bits per heavy atom. The van der Waals surface area contributed by atoms with Gasteiger partial charge in [0.15, 0.2) is 0 Å². The van der Waals surface area contributed by atoms with E-state index in [1.165, 1.54) is 18.2 Å². The molecule has 1 aromatic heterocycles. The predicted molar refractivity (Wildman–Crippen MR) is 132 cm³/mol. The summed E-state index contributed by atoms with van der Waals surface area (Å²) in [5.41, 5.74) is 5.32. The molecular formula is C26H25ClFN5O3. The van der Waals surface area contributed by atoms with Crippen LogP contribution in [-0.2, 0) is 30.6 Å². The number of amides is 3. The number of nitrogens with one attached hydrogen (secondary N) is 2. The highest BCUT2D eigenvalue weighted by atomic mass is 35.5. The molecule has 186 valence electrons. The zero-order valence-electron chi connectivity index (χ0n) is 19.4. The number of anilines is 1. The maximum atomic E-state index is 13.5. The lowest BCUT2D eigenvalue weighted by atomic mass is 9.99. The lowest BCUT2D eigenvalue weighted by Crippen LogP contribution is -2.45. The molecule has 0 aliphatic carbocycles. The molecule has 8 nitrogen and oxygen atoms in total. The van der Waals surface area contributed by atoms with Gasteiger partial charge in [-0.3, -0.25) is 4.79 Å². The quantitative estimate of drug-likeness (QED) is 0.487. The van der Waals surface area contributed by atoms with E-state index >= 15 is 0 Å². The van der Waals surface area contributed by atoms with Gasteiger partial charge in [-0.25, -0.2) is 19.2 Å². The van der Waals surface area contributed by atoms with E-state index in [1.807, 2.05) is 18.3 Å². The molecule has 0 saturated heterocycles. The number of fused-ring (bicyclic) bond motifs is 2. The molecule has 2 aliphatic rings. The molecule has 0 bridgehead atoms. The van der Waals surface area contributed by atoms with Crippen LogP contribution in [0, 0.1) is 5.82 Å². The first-order valence-electron chi connectivity index (χ1n) is 11.8. The second-order valence-corrected chi connectivity index (χ2v) is 9.41. The van der Waals surface area contributed by atoms with E-state index in [1.54, 1.807) is 4.90 Å². The molecule has 0 saturated carbocycles. The first-order valence-corrected chi connectivity index (χ1v) is 12.1. The molecule has 36 heavy (non-hydrogen) atoms. The van der Waals surface area contributed by atoms with Gasteiger partial charge in [0.05, 0.1) is 29.9 Å². The molecular weight excluding hydrogens is 485 g/mol. The van der Waals surface area contributed by atoms with Gasteiger partial charge in [0.1, 0.15) is 11.6 Å². The fourth-order valence-corrected chi connectivity index (χ4v) is 4.73. The predicted octanol–water partition coefficient (Wildman–Crippen LogP) is 3.55. The van der Waals surface area contributed by atoms with E-state index < -0.39 is 11.9 Å². The number of aliphatic hydroxyl groups is 1. The number of carbonyl (C=O) groups is 2. The first kappa shape index (κ1) is 24.1. The van der Waals surface area contributed by atoms with Crippen LogP contribution in [0.4, 0.5) is 14.9 Å². The molecule has 0 fully saturated rings. The van der Waals surface area contributed by atoms with Crippen molar-refractivity contribution in [2.45, 2.75) is 38.3 Å². The fraction of sp³-hybridized carbons (Fsp3) is 0.308. The third kappa shape index (κ3) is 5.17. The molecule has 5 rings (SSSR count). The highest BCUT2D eigenvalue weighted by Gasteiger charge is 2.25. The van der Waals surface area contributed by atoms with Crippen LogP contribution >= 0.6 is 11.6 Å². The van der Waals surface area contributed by atoms with Crippen molar-refractivity contribution in [3.05, 3.63) is 87.2 Å². The Bertz CT molecular complexity index is 1330. The number of benzene rings is 2. The van der Waals surface area contributed by atoms with Gasteiger partial charge in [-0.1, -0.05) is 29.8 Å². The minimum atomic E-state index is -0.716. The second-order valence-electron chi connectivity index (χ2n) is 9.00. The van der Waals surface area contributed by atoms with E-state index in [2.05, 4.69) is 21.7 Å². The van der Waals surface area contributed by atoms with Crippen LogP contribution in [0.5, 0.6) is 0 Å². The summed E-state index contributed by atoms with van der Waals surface area (Å²) in [7, 11) is 0. The van der Waals surface area contributed by atoms with Crippen LogP contribution in [0.1, 0.15) is 46.2 Å². The van der Waals surface area contributed by atoms with Gasteiger partial charge in [0.25, 0.3) is 0 Å². The molecule has 10 heteroatoms. The largest absolute Gasteiger partial charge is 0.394 e. The summed E-state index contributed by atoms with van der Waals surface area (Å²) in [6.07, 6.45) is 4.17. The minimum Gasteiger partial charge on any atom is -0.394 e. The van der Waals surface area contributed by atoms with Gasteiger partial charge in [-0.2, -0.15) is 0 Å².